The van der Waals surface area contributed by atoms with Crippen LogP contribution in [0.5, 0.6) is 0 Å². The van der Waals surface area contributed by atoms with Gasteiger partial charge in [-0.1, -0.05) is 20.3 Å². The zero-order valence-electron chi connectivity index (χ0n) is 11.4. The summed E-state index contributed by atoms with van der Waals surface area (Å²) >= 11 is 0. The molecule has 100 valence electrons. The Kier molecular flexibility index (Phi) is 4.45. The maximum atomic E-state index is 6.07. The lowest BCUT2D eigenvalue weighted by Gasteiger charge is -2.45. The predicted octanol–water partition coefficient (Wildman–Crippen LogP) is 1.91. The first-order valence-corrected chi connectivity index (χ1v) is 7.23. The molecule has 0 aromatic carbocycles. The molecule has 0 radical (unpaired) electrons. The third-order valence-electron chi connectivity index (χ3n) is 4.82. The van der Waals surface area contributed by atoms with E-state index in [1.54, 1.807) is 0 Å². The molecule has 1 heterocycles. The van der Waals surface area contributed by atoms with Gasteiger partial charge in [-0.2, -0.15) is 0 Å². The maximum absolute atomic E-state index is 6.07. The Morgan fingerprint density at radius 1 is 1.29 bits per heavy atom. The number of hydrogen-bond acceptors (Lipinski definition) is 3. The van der Waals surface area contributed by atoms with E-state index < -0.39 is 0 Å². The van der Waals surface area contributed by atoms with Gasteiger partial charge in [-0.25, -0.2) is 0 Å². The van der Waals surface area contributed by atoms with Crippen molar-refractivity contribution < 1.29 is 4.74 Å². The average molecular weight is 240 g/mol. The lowest BCUT2D eigenvalue weighted by atomic mass is 9.69. The first-order chi connectivity index (χ1) is 8.16. The summed E-state index contributed by atoms with van der Waals surface area (Å²) in [6.45, 7) is 7.37. The van der Waals surface area contributed by atoms with E-state index in [1.165, 1.54) is 32.1 Å². The third-order valence-corrected chi connectivity index (χ3v) is 4.82. The van der Waals surface area contributed by atoms with E-state index in [2.05, 4.69) is 19.2 Å². The molecular formula is C14H28N2O. The van der Waals surface area contributed by atoms with Gasteiger partial charge in [0, 0.05) is 25.2 Å². The minimum atomic E-state index is 0.156. The molecule has 1 saturated heterocycles. The first kappa shape index (κ1) is 13.3. The van der Waals surface area contributed by atoms with E-state index in [4.69, 9.17) is 10.5 Å². The van der Waals surface area contributed by atoms with Crippen molar-refractivity contribution in [3.05, 3.63) is 0 Å². The normalized spacial score (nSPS) is 42.9. The van der Waals surface area contributed by atoms with Crippen molar-refractivity contribution in [1.29, 1.82) is 0 Å². The van der Waals surface area contributed by atoms with E-state index in [1.807, 2.05) is 0 Å². The molecular weight excluding hydrogens is 212 g/mol. The predicted molar refractivity (Wildman–Crippen MR) is 70.9 cm³/mol. The van der Waals surface area contributed by atoms with Crippen LogP contribution in [0.1, 0.15) is 46.0 Å². The van der Waals surface area contributed by atoms with Crippen molar-refractivity contribution in [3.8, 4) is 0 Å². The van der Waals surface area contributed by atoms with Gasteiger partial charge in [-0.05, 0) is 37.5 Å². The maximum Gasteiger partial charge on any atom is 0.0700 e. The molecule has 2 aliphatic rings. The second-order valence-corrected chi connectivity index (χ2v) is 6.16. The number of hydrogen-bond donors (Lipinski definition) is 2. The molecule has 4 unspecified atom stereocenters. The molecule has 1 aliphatic carbocycles. The van der Waals surface area contributed by atoms with Crippen LogP contribution < -0.4 is 11.1 Å². The molecule has 0 bridgehead atoms. The highest BCUT2D eigenvalue weighted by Gasteiger charge is 2.39. The number of nitrogens with two attached hydrogens (primary N) is 1. The Bertz CT molecular complexity index is 240. The van der Waals surface area contributed by atoms with Crippen LogP contribution in [0.15, 0.2) is 0 Å². The van der Waals surface area contributed by atoms with Crippen molar-refractivity contribution in [2.75, 3.05) is 19.7 Å². The summed E-state index contributed by atoms with van der Waals surface area (Å²) in [5.41, 5.74) is 6.23. The second-order valence-electron chi connectivity index (χ2n) is 6.16. The minimum absolute atomic E-state index is 0.156. The Morgan fingerprint density at radius 2 is 2.12 bits per heavy atom. The number of nitrogens with one attached hydrogen (secondary N) is 1. The van der Waals surface area contributed by atoms with Gasteiger partial charge >= 0.3 is 0 Å². The standard InChI is InChI=1S/C14H28N2O/c1-11-5-6-12(2)14(8-11,10-15)16-9-13-4-3-7-17-13/h11-13,16H,3-10,15H2,1-2H3. The Morgan fingerprint density at radius 3 is 2.76 bits per heavy atom. The van der Waals surface area contributed by atoms with Gasteiger partial charge in [-0.15, -0.1) is 0 Å². The lowest BCUT2D eigenvalue weighted by molar-refractivity contribution is 0.0743. The van der Waals surface area contributed by atoms with Crippen LogP contribution in [0, 0.1) is 11.8 Å². The smallest absolute Gasteiger partial charge is 0.0700 e. The Labute approximate surface area is 105 Å². The quantitative estimate of drug-likeness (QED) is 0.789. The van der Waals surface area contributed by atoms with Crippen LogP contribution in [0.2, 0.25) is 0 Å². The molecule has 0 aromatic rings. The summed E-state index contributed by atoms with van der Waals surface area (Å²) in [6.07, 6.45) is 6.72. The third kappa shape index (κ3) is 3.01. The molecule has 0 spiro atoms. The van der Waals surface area contributed by atoms with Crippen molar-refractivity contribution in [2.24, 2.45) is 17.6 Å². The van der Waals surface area contributed by atoms with E-state index in [9.17, 15) is 0 Å². The van der Waals surface area contributed by atoms with Crippen LogP contribution in [-0.2, 0) is 4.74 Å². The summed E-state index contributed by atoms with van der Waals surface area (Å²) in [5.74, 6) is 1.48. The molecule has 1 saturated carbocycles. The SMILES string of the molecule is CC1CCC(C)C(CN)(NCC2CCCO2)C1. The Balaban J connectivity index is 1.91. The molecule has 17 heavy (non-hydrogen) atoms. The molecule has 0 aromatic heterocycles. The van der Waals surface area contributed by atoms with Crippen LogP contribution in [0.25, 0.3) is 0 Å². The molecule has 3 heteroatoms. The number of rotatable bonds is 4. The summed E-state index contributed by atoms with van der Waals surface area (Å²) in [6, 6.07) is 0. The average Bonchev–Trinajstić information content (AvgIpc) is 2.84. The van der Waals surface area contributed by atoms with Crippen LogP contribution in [-0.4, -0.2) is 31.3 Å². The van der Waals surface area contributed by atoms with Crippen molar-refractivity contribution in [1.82, 2.24) is 5.32 Å². The van der Waals surface area contributed by atoms with Crippen molar-refractivity contribution >= 4 is 0 Å². The highest BCUT2D eigenvalue weighted by Crippen LogP contribution is 2.36. The lowest BCUT2D eigenvalue weighted by Crippen LogP contribution is -2.59. The minimum Gasteiger partial charge on any atom is -0.377 e. The summed E-state index contributed by atoms with van der Waals surface area (Å²) in [4.78, 5) is 0. The summed E-state index contributed by atoms with van der Waals surface area (Å²) in [5, 5.41) is 3.76. The van der Waals surface area contributed by atoms with Gasteiger partial charge < -0.3 is 15.8 Å². The van der Waals surface area contributed by atoms with Gasteiger partial charge in [0.25, 0.3) is 0 Å². The second kappa shape index (κ2) is 5.68. The zero-order valence-corrected chi connectivity index (χ0v) is 11.4. The zero-order chi connectivity index (χ0) is 12.3. The van der Waals surface area contributed by atoms with Crippen molar-refractivity contribution in [2.45, 2.75) is 57.6 Å². The van der Waals surface area contributed by atoms with E-state index in [-0.39, 0.29) is 5.54 Å². The molecule has 4 atom stereocenters. The molecule has 1 aliphatic heterocycles. The first-order valence-electron chi connectivity index (χ1n) is 7.23. The van der Waals surface area contributed by atoms with Gasteiger partial charge in [0.2, 0.25) is 0 Å². The van der Waals surface area contributed by atoms with E-state index in [0.717, 1.165) is 25.6 Å². The Hall–Kier alpha value is -0.120. The molecule has 2 fully saturated rings. The van der Waals surface area contributed by atoms with Crippen LogP contribution in [0.3, 0.4) is 0 Å². The fraction of sp³-hybridized carbons (Fsp3) is 1.00. The fourth-order valence-electron chi connectivity index (χ4n) is 3.46. The topological polar surface area (TPSA) is 47.3 Å². The van der Waals surface area contributed by atoms with Crippen LogP contribution in [0.4, 0.5) is 0 Å². The van der Waals surface area contributed by atoms with Gasteiger partial charge in [-0.3, -0.25) is 0 Å². The molecule has 2 rings (SSSR count). The van der Waals surface area contributed by atoms with Gasteiger partial charge in [0.15, 0.2) is 0 Å². The van der Waals surface area contributed by atoms with E-state index in [0.29, 0.717) is 12.0 Å². The largest absolute Gasteiger partial charge is 0.377 e. The van der Waals surface area contributed by atoms with Crippen LogP contribution >= 0.6 is 0 Å². The van der Waals surface area contributed by atoms with Crippen molar-refractivity contribution in [3.63, 3.8) is 0 Å². The summed E-state index contributed by atoms with van der Waals surface area (Å²) in [7, 11) is 0. The fourth-order valence-corrected chi connectivity index (χ4v) is 3.46. The number of ether oxygens (including phenoxy) is 1. The van der Waals surface area contributed by atoms with Gasteiger partial charge in [0.05, 0.1) is 6.10 Å². The monoisotopic (exact) mass is 240 g/mol. The highest BCUT2D eigenvalue weighted by atomic mass is 16.5. The molecule has 3 N–H and O–H groups in total. The summed E-state index contributed by atoms with van der Waals surface area (Å²) < 4.78 is 5.69. The van der Waals surface area contributed by atoms with E-state index >= 15 is 0 Å². The molecule has 0 amide bonds. The van der Waals surface area contributed by atoms with Gasteiger partial charge in [0.1, 0.15) is 0 Å². The highest BCUT2D eigenvalue weighted by molar-refractivity contribution is 4.98. The molecule has 3 nitrogen and oxygen atoms in total.